The number of rotatable bonds is 6. The van der Waals surface area contributed by atoms with Crippen LogP contribution in [0.5, 0.6) is 0 Å². The lowest BCUT2D eigenvalue weighted by Gasteiger charge is -2.03. The van der Waals surface area contributed by atoms with Gasteiger partial charge in [-0.1, -0.05) is 29.4 Å². The average Bonchev–Trinajstić information content (AvgIpc) is 2.51. The lowest BCUT2D eigenvalue weighted by atomic mass is 10.1. The van der Waals surface area contributed by atoms with Crippen LogP contribution in [-0.4, -0.2) is 26.2 Å². The number of azide groups is 1. The summed E-state index contributed by atoms with van der Waals surface area (Å²) in [7, 11) is 2.54. The summed E-state index contributed by atoms with van der Waals surface area (Å²) in [6, 6.07) is 7.17. The summed E-state index contributed by atoms with van der Waals surface area (Å²) in [5, 5.41) is 3.30. The van der Waals surface area contributed by atoms with E-state index >= 15 is 0 Å². The highest BCUT2D eigenvalue weighted by Gasteiger charge is 2.08. The number of methoxy groups -OCH3 is 2. The molecule has 7 nitrogen and oxygen atoms in total. The Hall–Kier alpha value is -2.79. The van der Waals surface area contributed by atoms with Gasteiger partial charge in [0.25, 0.3) is 0 Å². The zero-order valence-electron chi connectivity index (χ0n) is 11.8. The summed E-state index contributed by atoms with van der Waals surface area (Å²) in [5.41, 5.74) is 9.88. The zero-order chi connectivity index (χ0) is 15.7. The van der Waals surface area contributed by atoms with E-state index in [0.717, 1.165) is 5.56 Å². The van der Waals surface area contributed by atoms with Crippen molar-refractivity contribution in [1.82, 2.24) is 0 Å². The molecule has 21 heavy (non-hydrogen) atoms. The third-order valence-corrected chi connectivity index (χ3v) is 2.65. The van der Waals surface area contributed by atoms with Crippen LogP contribution in [0.4, 0.5) is 0 Å². The molecular weight excluding hydrogens is 274 g/mol. The van der Waals surface area contributed by atoms with Crippen LogP contribution in [0, 0.1) is 0 Å². The molecule has 0 aromatic heterocycles. The Kier molecular flexibility index (Phi) is 6.50. The maximum absolute atomic E-state index is 11.4. The van der Waals surface area contributed by atoms with Crippen molar-refractivity contribution in [2.24, 2.45) is 5.11 Å². The van der Waals surface area contributed by atoms with Crippen molar-refractivity contribution in [3.63, 3.8) is 0 Å². The Morgan fingerprint density at radius 2 is 2.10 bits per heavy atom. The second-order valence-electron chi connectivity index (χ2n) is 4.03. The molecule has 0 aliphatic heterocycles. The highest BCUT2D eigenvalue weighted by Crippen LogP contribution is 2.13. The molecule has 0 atom stereocenters. The van der Waals surface area contributed by atoms with Crippen molar-refractivity contribution in [2.45, 2.75) is 12.8 Å². The topological polar surface area (TPSA) is 101 Å². The number of carbonyl (C=O) groups excluding carboxylic acids is 2. The van der Waals surface area contributed by atoms with Gasteiger partial charge in [-0.05, 0) is 29.2 Å². The summed E-state index contributed by atoms with van der Waals surface area (Å²) < 4.78 is 9.11. The maximum Gasteiger partial charge on any atom is 0.340 e. The van der Waals surface area contributed by atoms with Gasteiger partial charge in [-0.2, -0.15) is 0 Å². The number of hydrogen-bond acceptors (Lipinski definition) is 5. The predicted octanol–water partition coefficient (Wildman–Crippen LogP) is 2.62. The van der Waals surface area contributed by atoms with Crippen molar-refractivity contribution in [2.75, 3.05) is 14.2 Å². The summed E-state index contributed by atoms with van der Waals surface area (Å²) in [4.78, 5) is 25.1. The Bertz CT molecular complexity index is 604. The first-order chi connectivity index (χ1) is 10.1. The number of esters is 2. The molecule has 110 valence electrons. The van der Waals surface area contributed by atoms with E-state index in [9.17, 15) is 9.59 Å². The molecule has 0 N–H and O–H groups in total. The third kappa shape index (κ3) is 5.38. The molecule has 1 aromatic rings. The third-order valence-electron chi connectivity index (χ3n) is 2.65. The monoisotopic (exact) mass is 289 g/mol. The van der Waals surface area contributed by atoms with Crippen LogP contribution >= 0.6 is 0 Å². The number of nitrogens with zero attached hydrogens (tertiary/aromatic N) is 3. The first kappa shape index (κ1) is 16.3. The van der Waals surface area contributed by atoms with Gasteiger partial charge in [0.05, 0.1) is 14.2 Å². The van der Waals surface area contributed by atoms with Crippen molar-refractivity contribution in [1.29, 1.82) is 0 Å². The minimum atomic E-state index is -0.715. The lowest BCUT2D eigenvalue weighted by Crippen LogP contribution is -2.03. The van der Waals surface area contributed by atoms with E-state index in [0.29, 0.717) is 12.0 Å². The Labute approximate surface area is 121 Å². The highest BCUT2D eigenvalue weighted by molar-refractivity contribution is 5.93. The van der Waals surface area contributed by atoms with E-state index in [1.807, 2.05) is 6.07 Å². The average molecular weight is 289 g/mol. The fraction of sp³-hybridized carbons (Fsp3) is 0.286. The fourth-order valence-electron chi connectivity index (χ4n) is 1.63. The van der Waals surface area contributed by atoms with Crippen molar-refractivity contribution in [3.8, 4) is 0 Å². The number of ether oxygens (including phenoxy) is 2. The Morgan fingerprint density at radius 3 is 2.71 bits per heavy atom. The van der Waals surface area contributed by atoms with Gasteiger partial charge in [0.15, 0.2) is 0 Å². The second-order valence-corrected chi connectivity index (χ2v) is 4.03. The first-order valence-electron chi connectivity index (χ1n) is 6.11. The minimum absolute atomic E-state index is 0.134. The van der Waals surface area contributed by atoms with E-state index < -0.39 is 5.97 Å². The van der Waals surface area contributed by atoms with Gasteiger partial charge in [-0.25, -0.2) is 4.79 Å². The Balaban J connectivity index is 2.95. The van der Waals surface area contributed by atoms with Crippen LogP contribution in [0.1, 0.15) is 17.5 Å². The van der Waals surface area contributed by atoms with Gasteiger partial charge in [-0.3, -0.25) is 4.79 Å². The van der Waals surface area contributed by atoms with Crippen LogP contribution in [0.3, 0.4) is 0 Å². The van der Waals surface area contributed by atoms with E-state index in [4.69, 9.17) is 5.53 Å². The van der Waals surface area contributed by atoms with Crippen LogP contribution in [0.15, 0.2) is 35.1 Å². The molecule has 1 aromatic carbocycles. The standard InChI is InChI=1S/C14H15N3O4/c1-20-13(18)7-6-10-4-3-5-11(8-10)9-12(16-17-15)14(19)21-2/h3-5,8-9H,6-7H2,1-2H3. The van der Waals surface area contributed by atoms with Crippen LogP contribution in [0.25, 0.3) is 16.5 Å². The van der Waals surface area contributed by atoms with E-state index in [2.05, 4.69) is 19.5 Å². The van der Waals surface area contributed by atoms with E-state index in [1.54, 1.807) is 18.2 Å². The van der Waals surface area contributed by atoms with Gasteiger partial charge in [0, 0.05) is 11.3 Å². The number of benzene rings is 1. The summed E-state index contributed by atoms with van der Waals surface area (Å²) in [6.45, 7) is 0. The second kappa shape index (κ2) is 8.39. The number of aryl methyl sites for hydroxylation is 1. The molecule has 0 unspecified atom stereocenters. The lowest BCUT2D eigenvalue weighted by molar-refractivity contribution is -0.140. The van der Waals surface area contributed by atoms with E-state index in [-0.39, 0.29) is 18.1 Å². The summed E-state index contributed by atoms with van der Waals surface area (Å²) >= 11 is 0. The molecule has 1 rings (SSSR count). The molecule has 0 saturated carbocycles. The van der Waals surface area contributed by atoms with Crippen LogP contribution in [0.2, 0.25) is 0 Å². The molecule has 0 aliphatic carbocycles. The van der Waals surface area contributed by atoms with Gasteiger partial charge in [-0.15, -0.1) is 0 Å². The van der Waals surface area contributed by atoms with Crippen molar-refractivity contribution in [3.05, 3.63) is 51.5 Å². The van der Waals surface area contributed by atoms with Crippen LogP contribution < -0.4 is 0 Å². The molecule has 7 heteroatoms. The molecule has 0 amide bonds. The fourth-order valence-corrected chi connectivity index (χ4v) is 1.63. The predicted molar refractivity (Wildman–Crippen MR) is 75.9 cm³/mol. The van der Waals surface area contributed by atoms with Crippen molar-refractivity contribution < 1.29 is 19.1 Å². The van der Waals surface area contributed by atoms with Crippen molar-refractivity contribution >= 4 is 18.0 Å². The molecule has 0 heterocycles. The molecule has 0 radical (unpaired) electrons. The highest BCUT2D eigenvalue weighted by atomic mass is 16.5. The van der Waals surface area contributed by atoms with Gasteiger partial charge in [0.1, 0.15) is 5.70 Å². The SMILES string of the molecule is COC(=O)CCc1cccc(C=C(N=[N+]=[N-])C(=O)OC)c1. The molecule has 0 aliphatic rings. The smallest absolute Gasteiger partial charge is 0.340 e. The maximum atomic E-state index is 11.4. The number of hydrogen-bond donors (Lipinski definition) is 0. The molecule has 0 spiro atoms. The van der Waals surface area contributed by atoms with Gasteiger partial charge in [0.2, 0.25) is 0 Å². The van der Waals surface area contributed by atoms with Gasteiger partial charge < -0.3 is 9.47 Å². The number of carbonyl (C=O) groups is 2. The molecule has 0 fully saturated rings. The Morgan fingerprint density at radius 1 is 1.33 bits per heavy atom. The van der Waals surface area contributed by atoms with Crippen LogP contribution in [-0.2, 0) is 25.5 Å². The van der Waals surface area contributed by atoms with Gasteiger partial charge >= 0.3 is 11.9 Å². The largest absolute Gasteiger partial charge is 0.469 e. The summed E-state index contributed by atoms with van der Waals surface area (Å²) in [5.74, 6) is -1.01. The normalized spacial score (nSPS) is 10.5. The molecular formula is C14H15N3O4. The quantitative estimate of drug-likeness (QED) is 0.264. The first-order valence-corrected chi connectivity index (χ1v) is 6.11. The zero-order valence-corrected chi connectivity index (χ0v) is 11.8. The van der Waals surface area contributed by atoms with E-state index in [1.165, 1.54) is 20.3 Å². The summed E-state index contributed by atoms with van der Waals surface area (Å²) in [6.07, 6.45) is 2.21. The molecule has 0 bridgehead atoms. The minimum Gasteiger partial charge on any atom is -0.469 e. The molecule has 0 saturated heterocycles.